The second-order valence-electron chi connectivity index (χ2n) is 11.6. The average molecular weight is 597 g/mol. The number of hydrogen-bond donors (Lipinski definition) is 1. The summed E-state index contributed by atoms with van der Waals surface area (Å²) in [7, 11) is 0. The van der Waals surface area contributed by atoms with Crippen LogP contribution in [0.3, 0.4) is 0 Å². The van der Waals surface area contributed by atoms with Crippen molar-refractivity contribution >= 4 is 40.3 Å². The molecule has 0 amide bonds. The van der Waals surface area contributed by atoms with E-state index in [1.165, 1.54) is 12.5 Å². The summed E-state index contributed by atoms with van der Waals surface area (Å²) in [6.07, 6.45) is 9.01. The van der Waals surface area contributed by atoms with Crippen LogP contribution in [-0.2, 0) is 16.1 Å². The zero-order chi connectivity index (χ0) is 31.5. The maximum atomic E-state index is 13.4. The number of carbonyl (C=O) groups excluding carboxylic acids is 3. The first-order valence-corrected chi connectivity index (χ1v) is 15.9. The van der Waals surface area contributed by atoms with Crippen molar-refractivity contribution in [2.45, 2.75) is 97.0 Å². The number of aryl methyl sites for hydroxylation is 1. The van der Waals surface area contributed by atoms with Crippen LogP contribution in [0.15, 0.2) is 78.0 Å². The van der Waals surface area contributed by atoms with E-state index < -0.39 is 11.6 Å². The zero-order valence-corrected chi connectivity index (χ0v) is 26.2. The predicted octanol–water partition coefficient (Wildman–Crippen LogP) is 8.67. The van der Waals surface area contributed by atoms with Crippen LogP contribution in [0.25, 0.3) is 0 Å². The van der Waals surface area contributed by atoms with E-state index in [1.807, 2.05) is 24.3 Å². The quantitative estimate of drug-likeness (QED) is 0.0658. The van der Waals surface area contributed by atoms with Crippen LogP contribution < -0.4 is 4.90 Å². The summed E-state index contributed by atoms with van der Waals surface area (Å²) < 4.78 is 0. The molecule has 232 valence electrons. The third-order valence-corrected chi connectivity index (χ3v) is 8.30. The molecule has 3 aromatic carbocycles. The molecule has 0 unspecified atom stereocenters. The molecule has 1 aliphatic carbocycles. The molecule has 0 radical (unpaired) electrons. The number of oxime groups is 1. The first-order chi connectivity index (χ1) is 21.3. The zero-order valence-electron chi connectivity index (χ0n) is 26.2. The summed E-state index contributed by atoms with van der Waals surface area (Å²) >= 11 is 0. The number of ketones is 2. The molecule has 4 rings (SSSR count). The van der Waals surface area contributed by atoms with Gasteiger partial charge in [0.25, 0.3) is 0 Å². The van der Waals surface area contributed by atoms with E-state index in [-0.39, 0.29) is 17.3 Å². The molecule has 0 aromatic heterocycles. The molecule has 1 saturated carbocycles. The van der Waals surface area contributed by atoms with Gasteiger partial charge in [-0.2, -0.15) is 0 Å². The Kier molecular flexibility index (Phi) is 11.6. The number of nitrogens with zero attached hydrogens (tertiary/aromatic N) is 2. The van der Waals surface area contributed by atoms with Crippen molar-refractivity contribution in [3.05, 3.63) is 89.5 Å². The van der Waals surface area contributed by atoms with Gasteiger partial charge in [-0.1, -0.05) is 69.7 Å². The Bertz CT molecular complexity index is 1440. The van der Waals surface area contributed by atoms with E-state index in [9.17, 15) is 19.5 Å². The van der Waals surface area contributed by atoms with Crippen molar-refractivity contribution in [3.8, 4) is 0 Å². The molecule has 0 atom stereocenters. The molecule has 0 spiro atoms. The van der Waals surface area contributed by atoms with Gasteiger partial charge in [0, 0.05) is 35.1 Å². The van der Waals surface area contributed by atoms with Gasteiger partial charge in [-0.3, -0.25) is 9.59 Å². The maximum Gasteiger partial charge on any atom is 0.331 e. The number of rotatable bonds is 14. The van der Waals surface area contributed by atoms with Gasteiger partial charge in [-0.05, 0) is 98.3 Å². The molecule has 0 aliphatic heterocycles. The molecule has 0 heterocycles. The Morgan fingerprint density at radius 2 is 1.32 bits per heavy atom. The van der Waals surface area contributed by atoms with Crippen molar-refractivity contribution in [2.24, 2.45) is 5.16 Å². The lowest BCUT2D eigenvalue weighted by Gasteiger charge is -2.31. The van der Waals surface area contributed by atoms with Crippen molar-refractivity contribution < 1.29 is 24.3 Å². The molecule has 44 heavy (non-hydrogen) atoms. The van der Waals surface area contributed by atoms with Crippen LogP contribution in [0.1, 0.15) is 111 Å². The van der Waals surface area contributed by atoms with Gasteiger partial charge in [-0.15, -0.1) is 0 Å². The van der Waals surface area contributed by atoms with Crippen LogP contribution in [0.2, 0.25) is 0 Å². The van der Waals surface area contributed by atoms with Gasteiger partial charge < -0.3 is 14.8 Å². The molecule has 1 aliphatic rings. The summed E-state index contributed by atoms with van der Waals surface area (Å²) in [5.74, 6) is -1.05. The minimum Gasteiger partial charge on any atom is -0.382 e. The van der Waals surface area contributed by atoms with E-state index in [4.69, 9.17) is 4.84 Å². The second-order valence-corrected chi connectivity index (χ2v) is 11.6. The summed E-state index contributed by atoms with van der Waals surface area (Å²) in [4.78, 5) is 44.9. The van der Waals surface area contributed by atoms with E-state index in [2.05, 4.69) is 48.2 Å². The fourth-order valence-corrected chi connectivity index (χ4v) is 5.69. The summed E-state index contributed by atoms with van der Waals surface area (Å²) in [5, 5.41) is 14.9. The fraction of sp³-hybridized carbons (Fsp3) is 0.405. The highest BCUT2D eigenvalue weighted by Gasteiger charge is 2.37. The number of anilines is 3. The van der Waals surface area contributed by atoms with Gasteiger partial charge in [0.05, 0.1) is 0 Å². The van der Waals surface area contributed by atoms with Crippen molar-refractivity contribution in [1.82, 2.24) is 0 Å². The predicted molar refractivity (Wildman–Crippen MR) is 175 cm³/mol. The number of benzene rings is 3. The molecule has 3 aromatic rings. The highest BCUT2D eigenvalue weighted by atomic mass is 16.7. The van der Waals surface area contributed by atoms with Gasteiger partial charge in [0.2, 0.25) is 5.78 Å². The topological polar surface area (TPSA) is 96.3 Å². The van der Waals surface area contributed by atoms with Crippen molar-refractivity contribution in [2.75, 3.05) is 4.90 Å². The first kappa shape index (κ1) is 32.8. The lowest BCUT2D eigenvalue weighted by molar-refractivity contribution is -0.140. The molecular weight excluding hydrogens is 552 g/mol. The summed E-state index contributed by atoms with van der Waals surface area (Å²) in [5.41, 5.74) is 3.72. The van der Waals surface area contributed by atoms with Crippen molar-refractivity contribution in [1.29, 1.82) is 0 Å². The Morgan fingerprint density at radius 1 is 0.773 bits per heavy atom. The van der Waals surface area contributed by atoms with Crippen LogP contribution in [0.4, 0.5) is 17.1 Å². The fourth-order valence-electron chi connectivity index (χ4n) is 5.69. The largest absolute Gasteiger partial charge is 0.382 e. The minimum absolute atomic E-state index is 0.216. The van der Waals surface area contributed by atoms with Gasteiger partial charge in [-0.25, -0.2) is 4.79 Å². The third-order valence-electron chi connectivity index (χ3n) is 8.30. The van der Waals surface area contributed by atoms with Crippen LogP contribution in [0, 0.1) is 0 Å². The molecule has 7 heteroatoms. The number of Topliss-reactive ketones (excluding diaryl/α,β-unsaturated/α-hetero) is 2. The van der Waals surface area contributed by atoms with E-state index in [0.29, 0.717) is 30.4 Å². The second kappa shape index (κ2) is 15.6. The number of hydrogen-bond acceptors (Lipinski definition) is 7. The van der Waals surface area contributed by atoms with Crippen LogP contribution in [0.5, 0.6) is 0 Å². The Hall–Kier alpha value is -4.10. The molecule has 0 saturated heterocycles. The number of aliphatic hydroxyl groups is 1. The van der Waals surface area contributed by atoms with Gasteiger partial charge in [0.1, 0.15) is 11.3 Å². The number of carbonyl (C=O) groups is 3. The SMILES string of the molecule is CCCCCC/C(=N\OC(C)=O)C(=O)c1ccc(N(c2ccc(CC)cc2)c2ccc(C(=O)C3(O)CCCCC3)cc2)cc1. The normalized spacial score (nSPS) is 14.6. The summed E-state index contributed by atoms with van der Waals surface area (Å²) in [6.45, 7) is 5.50. The lowest BCUT2D eigenvalue weighted by Crippen LogP contribution is -2.40. The average Bonchev–Trinajstić information content (AvgIpc) is 3.05. The maximum absolute atomic E-state index is 13.4. The van der Waals surface area contributed by atoms with E-state index >= 15 is 0 Å². The molecular formula is C37H44N2O5. The third kappa shape index (κ3) is 8.29. The minimum atomic E-state index is -1.29. The Balaban J connectivity index is 1.63. The smallest absolute Gasteiger partial charge is 0.331 e. The van der Waals surface area contributed by atoms with Crippen LogP contribution >= 0.6 is 0 Å². The monoisotopic (exact) mass is 596 g/mol. The first-order valence-electron chi connectivity index (χ1n) is 15.9. The highest BCUT2D eigenvalue weighted by Crippen LogP contribution is 2.36. The lowest BCUT2D eigenvalue weighted by atomic mass is 9.79. The van der Waals surface area contributed by atoms with Crippen molar-refractivity contribution in [3.63, 3.8) is 0 Å². The molecule has 1 N–H and O–H groups in total. The molecule has 7 nitrogen and oxygen atoms in total. The standard InChI is InChI=1S/C37H44N2O5/c1-4-6-7-9-12-34(38-44-27(3)40)35(41)29-15-21-32(22-16-29)39(31-19-13-28(5-2)14-20-31)33-23-17-30(18-24-33)36(42)37(43)25-10-8-11-26-37/h13-24,43H,4-12,25-26H2,1-3H3/b38-34+. The molecule has 1 fully saturated rings. The molecule has 0 bridgehead atoms. The Labute approximate surface area is 260 Å². The summed E-state index contributed by atoms with van der Waals surface area (Å²) in [6, 6.07) is 22.9. The number of unbranched alkanes of at least 4 members (excludes halogenated alkanes) is 3. The highest BCUT2D eigenvalue weighted by molar-refractivity contribution is 6.45. The van der Waals surface area contributed by atoms with E-state index in [0.717, 1.165) is 68.4 Å². The van der Waals surface area contributed by atoms with Gasteiger partial charge in [0.15, 0.2) is 5.78 Å². The van der Waals surface area contributed by atoms with E-state index in [1.54, 1.807) is 24.3 Å². The van der Waals surface area contributed by atoms with Gasteiger partial charge >= 0.3 is 5.97 Å². The Morgan fingerprint density at radius 3 is 1.84 bits per heavy atom. The van der Waals surface area contributed by atoms with Crippen LogP contribution in [-0.4, -0.2) is 34.0 Å².